The lowest BCUT2D eigenvalue weighted by Crippen LogP contribution is -2.35. The zero-order valence-electron chi connectivity index (χ0n) is 7.76. The van der Waals surface area contributed by atoms with Crippen LogP contribution in [-0.2, 0) is 10.2 Å². The highest BCUT2D eigenvalue weighted by molar-refractivity contribution is 7.88. The number of nitrogens with two attached hydrogens (primary N) is 1. The first-order valence-electron chi connectivity index (χ1n) is 4.63. The van der Waals surface area contributed by atoms with Crippen LogP contribution < -0.4 is 5.73 Å². The third-order valence-electron chi connectivity index (χ3n) is 2.59. The predicted molar refractivity (Wildman–Crippen MR) is 53.7 cm³/mol. The highest BCUT2D eigenvalue weighted by atomic mass is 32.2. The van der Waals surface area contributed by atoms with Crippen LogP contribution >= 0.6 is 0 Å². The van der Waals surface area contributed by atoms with Gasteiger partial charge in [0.2, 0.25) is 0 Å². The van der Waals surface area contributed by atoms with Crippen LogP contribution in [0.1, 0.15) is 19.3 Å². The van der Waals surface area contributed by atoms with Gasteiger partial charge in [-0.1, -0.05) is 6.42 Å². The van der Waals surface area contributed by atoms with Crippen molar-refractivity contribution in [1.29, 1.82) is 0 Å². The first kappa shape index (κ1) is 9.51. The van der Waals surface area contributed by atoms with Crippen LogP contribution in [-0.4, -0.2) is 25.1 Å². The third kappa shape index (κ3) is 1.75. The van der Waals surface area contributed by atoms with E-state index in [-0.39, 0.29) is 5.84 Å². The standard InChI is InChI=1S/C8H13N3O2S/c9-8-4-5-11(14(12,13)10-8)6-7-2-1-3-7/h4-5,7H,1-3,6H2,(H2,9,10). The largest absolute Gasteiger partial charge is 0.383 e. The lowest BCUT2D eigenvalue weighted by atomic mass is 9.85. The summed E-state index contributed by atoms with van der Waals surface area (Å²) in [5.74, 6) is 0.541. The zero-order valence-corrected chi connectivity index (χ0v) is 8.57. The highest BCUT2D eigenvalue weighted by Crippen LogP contribution is 2.28. The van der Waals surface area contributed by atoms with Gasteiger partial charge in [0.15, 0.2) is 0 Å². The molecule has 1 aliphatic carbocycles. The molecule has 1 aliphatic heterocycles. The summed E-state index contributed by atoms with van der Waals surface area (Å²) in [6, 6.07) is 0. The van der Waals surface area contributed by atoms with E-state index in [4.69, 9.17) is 5.73 Å². The molecule has 2 aliphatic rings. The molecule has 1 heterocycles. The van der Waals surface area contributed by atoms with E-state index in [1.165, 1.54) is 23.0 Å². The maximum absolute atomic E-state index is 11.5. The Morgan fingerprint density at radius 2 is 2.29 bits per heavy atom. The molecule has 2 rings (SSSR count). The van der Waals surface area contributed by atoms with E-state index in [2.05, 4.69) is 4.40 Å². The molecule has 0 bridgehead atoms. The van der Waals surface area contributed by atoms with E-state index in [0.717, 1.165) is 12.8 Å². The Hall–Kier alpha value is -1.04. The Bertz CT molecular complexity index is 381. The minimum atomic E-state index is -3.53. The van der Waals surface area contributed by atoms with Crippen molar-refractivity contribution in [2.24, 2.45) is 16.0 Å². The normalized spacial score (nSPS) is 25.7. The number of rotatable bonds is 2. The fourth-order valence-corrected chi connectivity index (χ4v) is 2.58. The fraction of sp³-hybridized carbons (Fsp3) is 0.625. The second kappa shape index (κ2) is 3.27. The van der Waals surface area contributed by atoms with E-state index in [0.29, 0.717) is 12.5 Å². The van der Waals surface area contributed by atoms with Gasteiger partial charge in [0, 0.05) is 12.7 Å². The van der Waals surface area contributed by atoms with Crippen LogP contribution in [0.2, 0.25) is 0 Å². The van der Waals surface area contributed by atoms with Crippen molar-refractivity contribution in [2.45, 2.75) is 19.3 Å². The number of hydrogen-bond donors (Lipinski definition) is 1. The van der Waals surface area contributed by atoms with Crippen molar-refractivity contribution in [3.63, 3.8) is 0 Å². The topological polar surface area (TPSA) is 75.8 Å². The van der Waals surface area contributed by atoms with E-state index in [9.17, 15) is 8.42 Å². The monoisotopic (exact) mass is 215 g/mol. The van der Waals surface area contributed by atoms with Crippen LogP contribution in [0.25, 0.3) is 0 Å². The molecule has 5 nitrogen and oxygen atoms in total. The van der Waals surface area contributed by atoms with Gasteiger partial charge in [0.05, 0.1) is 0 Å². The summed E-state index contributed by atoms with van der Waals surface area (Å²) in [6.45, 7) is 0.537. The Morgan fingerprint density at radius 3 is 2.79 bits per heavy atom. The van der Waals surface area contributed by atoms with Gasteiger partial charge < -0.3 is 5.73 Å². The molecule has 0 aromatic rings. The molecular formula is C8H13N3O2S. The van der Waals surface area contributed by atoms with Gasteiger partial charge in [0.25, 0.3) is 0 Å². The van der Waals surface area contributed by atoms with Gasteiger partial charge in [-0.05, 0) is 24.8 Å². The van der Waals surface area contributed by atoms with E-state index in [1.54, 1.807) is 0 Å². The second-order valence-electron chi connectivity index (χ2n) is 3.68. The number of nitrogens with zero attached hydrogens (tertiary/aromatic N) is 2. The summed E-state index contributed by atoms with van der Waals surface area (Å²) in [5.41, 5.74) is 5.31. The predicted octanol–water partition coefficient (Wildman–Crippen LogP) is 0.218. The minimum absolute atomic E-state index is 0.0508. The van der Waals surface area contributed by atoms with E-state index >= 15 is 0 Å². The molecular weight excluding hydrogens is 202 g/mol. The zero-order chi connectivity index (χ0) is 10.2. The van der Waals surface area contributed by atoms with E-state index in [1.807, 2.05) is 0 Å². The van der Waals surface area contributed by atoms with Gasteiger partial charge in [-0.2, -0.15) is 8.42 Å². The summed E-state index contributed by atoms with van der Waals surface area (Å²) >= 11 is 0. The van der Waals surface area contributed by atoms with Crippen LogP contribution in [0.3, 0.4) is 0 Å². The summed E-state index contributed by atoms with van der Waals surface area (Å²) in [5, 5.41) is 0. The van der Waals surface area contributed by atoms with Gasteiger partial charge in [-0.25, -0.2) is 0 Å². The Labute approximate surface area is 83.5 Å². The maximum atomic E-state index is 11.5. The van der Waals surface area contributed by atoms with Crippen LogP contribution in [0.4, 0.5) is 0 Å². The quantitative estimate of drug-likeness (QED) is 0.715. The molecule has 1 saturated carbocycles. The van der Waals surface area contributed by atoms with Crippen molar-refractivity contribution in [2.75, 3.05) is 6.54 Å². The molecule has 0 unspecified atom stereocenters. The molecule has 0 radical (unpaired) electrons. The third-order valence-corrected chi connectivity index (χ3v) is 3.90. The van der Waals surface area contributed by atoms with Crippen LogP contribution in [0.5, 0.6) is 0 Å². The molecule has 0 saturated heterocycles. The Kier molecular flexibility index (Phi) is 2.22. The molecule has 6 heteroatoms. The molecule has 2 N–H and O–H groups in total. The summed E-state index contributed by atoms with van der Waals surface area (Å²) < 4.78 is 27.6. The van der Waals surface area contributed by atoms with Crippen molar-refractivity contribution >= 4 is 16.0 Å². The molecule has 0 aromatic heterocycles. The summed E-state index contributed by atoms with van der Waals surface area (Å²) in [6.07, 6.45) is 6.43. The maximum Gasteiger partial charge on any atom is 0.346 e. The molecule has 0 aromatic carbocycles. The SMILES string of the molecule is NC1=NS(=O)(=O)N(CC2CCC2)C=C1. The van der Waals surface area contributed by atoms with Crippen molar-refractivity contribution in [3.05, 3.63) is 12.3 Å². The highest BCUT2D eigenvalue weighted by Gasteiger charge is 2.27. The first-order chi connectivity index (χ1) is 6.58. The van der Waals surface area contributed by atoms with Crippen molar-refractivity contribution < 1.29 is 8.42 Å². The van der Waals surface area contributed by atoms with Crippen molar-refractivity contribution in [3.8, 4) is 0 Å². The van der Waals surface area contributed by atoms with Gasteiger partial charge >= 0.3 is 10.2 Å². The Morgan fingerprint density at radius 1 is 1.57 bits per heavy atom. The molecule has 0 atom stereocenters. The average Bonchev–Trinajstić information content (AvgIpc) is 1.97. The fourth-order valence-electron chi connectivity index (χ4n) is 1.54. The van der Waals surface area contributed by atoms with Gasteiger partial charge in [-0.15, -0.1) is 4.40 Å². The lowest BCUT2D eigenvalue weighted by Gasteiger charge is -2.30. The summed E-state index contributed by atoms with van der Waals surface area (Å²) in [4.78, 5) is 0. The molecule has 78 valence electrons. The molecule has 0 amide bonds. The first-order valence-corrected chi connectivity index (χ1v) is 6.03. The lowest BCUT2D eigenvalue weighted by molar-refractivity contribution is 0.272. The summed E-state index contributed by atoms with van der Waals surface area (Å²) in [7, 11) is -3.53. The smallest absolute Gasteiger partial charge is 0.346 e. The minimum Gasteiger partial charge on any atom is -0.383 e. The number of hydrogen-bond acceptors (Lipinski definition) is 3. The van der Waals surface area contributed by atoms with Crippen LogP contribution in [0, 0.1) is 5.92 Å². The molecule has 1 fully saturated rings. The van der Waals surface area contributed by atoms with Crippen LogP contribution in [0.15, 0.2) is 16.7 Å². The van der Waals surface area contributed by atoms with E-state index < -0.39 is 10.2 Å². The van der Waals surface area contributed by atoms with Crippen molar-refractivity contribution in [1.82, 2.24) is 4.31 Å². The second-order valence-corrected chi connectivity index (χ2v) is 5.22. The average molecular weight is 215 g/mol. The Balaban J connectivity index is 2.09. The number of amidine groups is 1. The molecule has 0 spiro atoms. The molecule has 14 heavy (non-hydrogen) atoms. The van der Waals surface area contributed by atoms with Gasteiger partial charge in [-0.3, -0.25) is 4.31 Å². The van der Waals surface area contributed by atoms with Gasteiger partial charge in [0.1, 0.15) is 5.84 Å².